The van der Waals surface area contributed by atoms with Crippen molar-refractivity contribution >= 4 is 11.6 Å². The summed E-state index contributed by atoms with van der Waals surface area (Å²) in [5.41, 5.74) is -0.0376. The second kappa shape index (κ2) is 2.68. The average molecular weight is 155 g/mol. The van der Waals surface area contributed by atoms with Gasteiger partial charge in [-0.25, -0.2) is 4.39 Å². The maximum Gasteiger partial charge on any atom is 0.142 e. The van der Waals surface area contributed by atoms with Crippen molar-refractivity contribution in [2.24, 2.45) is 0 Å². The predicted octanol–water partition coefficient (Wildman–Crippen LogP) is 2.15. The second-order valence-corrected chi connectivity index (χ2v) is 2.06. The minimum absolute atomic E-state index is 0.0376. The van der Waals surface area contributed by atoms with E-state index >= 15 is 0 Å². The molecule has 0 unspecified atom stereocenters. The van der Waals surface area contributed by atoms with Crippen molar-refractivity contribution in [1.82, 2.24) is 0 Å². The van der Waals surface area contributed by atoms with E-state index in [1.54, 1.807) is 6.07 Å². The van der Waals surface area contributed by atoms with Gasteiger partial charge in [0, 0.05) is 6.07 Å². The third kappa shape index (κ3) is 1.26. The Balaban J connectivity index is 3.23. The second-order valence-electron chi connectivity index (χ2n) is 1.65. The van der Waals surface area contributed by atoms with Gasteiger partial charge >= 0.3 is 0 Å². The lowest BCUT2D eigenvalue weighted by Crippen LogP contribution is -1.81. The molecule has 1 aromatic carbocycles. The molecule has 1 nitrogen and oxygen atoms in total. The molecule has 0 aromatic heterocycles. The molecule has 10 heavy (non-hydrogen) atoms. The fraction of sp³-hybridized carbons (Fsp3) is 0. The minimum atomic E-state index is -0.605. The van der Waals surface area contributed by atoms with Crippen molar-refractivity contribution in [3.8, 4) is 6.07 Å². The highest BCUT2D eigenvalue weighted by Gasteiger charge is 1.99. The summed E-state index contributed by atoms with van der Waals surface area (Å²) in [7, 11) is 0. The van der Waals surface area contributed by atoms with Crippen LogP contribution in [0.3, 0.4) is 0 Å². The van der Waals surface area contributed by atoms with Gasteiger partial charge < -0.3 is 0 Å². The maximum absolute atomic E-state index is 12.5. The fourth-order valence-corrected chi connectivity index (χ4v) is 0.677. The highest BCUT2D eigenvalue weighted by molar-refractivity contribution is 6.30. The normalized spacial score (nSPS) is 8.90. The molecule has 0 aliphatic carbocycles. The van der Waals surface area contributed by atoms with Crippen LogP contribution in [0.4, 0.5) is 4.39 Å². The quantitative estimate of drug-likeness (QED) is 0.562. The summed E-state index contributed by atoms with van der Waals surface area (Å²) < 4.78 is 12.5. The summed E-state index contributed by atoms with van der Waals surface area (Å²) in [5.74, 6) is -0.605. The smallest absolute Gasteiger partial charge is 0.142 e. The van der Waals surface area contributed by atoms with Crippen LogP contribution in [-0.2, 0) is 0 Å². The van der Waals surface area contributed by atoms with Crippen molar-refractivity contribution in [2.45, 2.75) is 0 Å². The van der Waals surface area contributed by atoms with E-state index < -0.39 is 5.82 Å². The van der Waals surface area contributed by atoms with E-state index in [1.807, 2.05) is 0 Å². The Morgan fingerprint density at radius 3 is 2.90 bits per heavy atom. The summed E-state index contributed by atoms with van der Waals surface area (Å²) >= 11 is 5.37. The van der Waals surface area contributed by atoms with Crippen LogP contribution < -0.4 is 0 Å². The Hall–Kier alpha value is -1.07. The van der Waals surface area contributed by atoms with Crippen molar-refractivity contribution in [3.63, 3.8) is 0 Å². The molecule has 0 spiro atoms. The lowest BCUT2D eigenvalue weighted by atomic mass is 10.2. The highest BCUT2D eigenvalue weighted by Crippen LogP contribution is 2.12. The number of benzene rings is 1. The molecule has 0 heterocycles. The molecule has 1 aromatic rings. The zero-order valence-corrected chi connectivity index (χ0v) is 5.61. The van der Waals surface area contributed by atoms with E-state index in [2.05, 4.69) is 6.07 Å². The fourth-order valence-electron chi connectivity index (χ4n) is 0.526. The van der Waals surface area contributed by atoms with Crippen LogP contribution in [0.1, 0.15) is 5.56 Å². The first kappa shape index (κ1) is 7.04. The number of hydrogen-bond acceptors (Lipinski definition) is 1. The van der Waals surface area contributed by atoms with Gasteiger partial charge in [-0.1, -0.05) is 11.6 Å². The zero-order chi connectivity index (χ0) is 7.56. The molecule has 1 rings (SSSR count). The monoisotopic (exact) mass is 154 g/mol. The van der Waals surface area contributed by atoms with Gasteiger partial charge in [-0.15, -0.1) is 0 Å². The van der Waals surface area contributed by atoms with Crippen LogP contribution in [0.25, 0.3) is 0 Å². The van der Waals surface area contributed by atoms with E-state index in [-0.39, 0.29) is 10.6 Å². The van der Waals surface area contributed by atoms with E-state index in [0.717, 1.165) is 6.07 Å². The molecule has 0 bridgehead atoms. The predicted molar refractivity (Wildman–Crippen MR) is 35.0 cm³/mol. The summed E-state index contributed by atoms with van der Waals surface area (Å²) in [5, 5.41) is 8.43. The van der Waals surface area contributed by atoms with Gasteiger partial charge in [0.1, 0.15) is 11.9 Å². The Bertz CT molecular complexity index is 290. The standard InChI is InChI=1S/C7H2ClFN/c8-6-2-1-5(4-10)7(9)3-6/h1,3H. The summed E-state index contributed by atoms with van der Waals surface area (Å²) in [4.78, 5) is 0. The van der Waals surface area contributed by atoms with Gasteiger partial charge in [-0.2, -0.15) is 5.26 Å². The van der Waals surface area contributed by atoms with Crippen LogP contribution in [-0.4, -0.2) is 0 Å². The average Bonchev–Trinajstić information content (AvgIpc) is 1.88. The van der Waals surface area contributed by atoms with E-state index in [0.29, 0.717) is 0 Å². The SMILES string of the molecule is N#Cc1c[c]c(Cl)cc1F. The van der Waals surface area contributed by atoms with Crippen molar-refractivity contribution in [3.05, 3.63) is 34.6 Å². The molecule has 1 radical (unpaired) electrons. The first-order valence-corrected chi connectivity index (χ1v) is 2.88. The Kier molecular flexibility index (Phi) is 1.88. The van der Waals surface area contributed by atoms with Gasteiger partial charge in [0.2, 0.25) is 0 Å². The largest absolute Gasteiger partial charge is 0.205 e. The maximum atomic E-state index is 12.5. The first-order chi connectivity index (χ1) is 4.74. The summed E-state index contributed by atoms with van der Waals surface area (Å²) in [6.07, 6.45) is 0. The molecule has 0 aliphatic heterocycles. The third-order valence-corrected chi connectivity index (χ3v) is 1.20. The molecular weight excluding hydrogens is 153 g/mol. The van der Waals surface area contributed by atoms with Gasteiger partial charge in [0.05, 0.1) is 10.6 Å². The molecule has 0 saturated carbocycles. The van der Waals surface area contributed by atoms with Gasteiger partial charge in [-0.3, -0.25) is 0 Å². The van der Waals surface area contributed by atoms with Gasteiger partial charge in [-0.05, 0) is 12.1 Å². The number of nitriles is 1. The van der Waals surface area contributed by atoms with Gasteiger partial charge in [0.25, 0.3) is 0 Å². The number of rotatable bonds is 0. The number of halogens is 2. The Morgan fingerprint density at radius 2 is 2.40 bits per heavy atom. The molecular formula is C7H2ClFN. The molecule has 3 heteroatoms. The number of hydrogen-bond donors (Lipinski definition) is 0. The highest BCUT2D eigenvalue weighted by atomic mass is 35.5. The molecule has 49 valence electrons. The zero-order valence-electron chi connectivity index (χ0n) is 4.86. The Labute approximate surface area is 62.7 Å². The van der Waals surface area contributed by atoms with Crippen molar-refractivity contribution in [2.75, 3.05) is 0 Å². The van der Waals surface area contributed by atoms with Crippen LogP contribution in [0.2, 0.25) is 5.02 Å². The van der Waals surface area contributed by atoms with Crippen LogP contribution in [0.5, 0.6) is 0 Å². The first-order valence-electron chi connectivity index (χ1n) is 2.51. The molecule has 0 aliphatic rings. The van der Waals surface area contributed by atoms with Crippen LogP contribution in [0.15, 0.2) is 12.1 Å². The number of nitrogens with zero attached hydrogens (tertiary/aromatic N) is 1. The topological polar surface area (TPSA) is 23.8 Å². The molecule has 0 saturated heterocycles. The van der Waals surface area contributed by atoms with Crippen molar-refractivity contribution < 1.29 is 4.39 Å². The lowest BCUT2D eigenvalue weighted by Gasteiger charge is -1.90. The summed E-state index contributed by atoms with van der Waals surface area (Å²) in [6.45, 7) is 0. The molecule has 0 N–H and O–H groups in total. The van der Waals surface area contributed by atoms with E-state index in [4.69, 9.17) is 16.9 Å². The molecule has 0 atom stereocenters. The van der Waals surface area contributed by atoms with Crippen LogP contribution in [0, 0.1) is 23.2 Å². The van der Waals surface area contributed by atoms with E-state index in [9.17, 15) is 4.39 Å². The Morgan fingerprint density at radius 1 is 1.70 bits per heavy atom. The molecule has 0 amide bonds. The van der Waals surface area contributed by atoms with Crippen molar-refractivity contribution in [1.29, 1.82) is 5.26 Å². The lowest BCUT2D eigenvalue weighted by molar-refractivity contribution is 0.624. The third-order valence-electron chi connectivity index (χ3n) is 0.986. The summed E-state index contributed by atoms with van der Waals surface area (Å²) in [6, 6.07) is 6.43. The van der Waals surface area contributed by atoms with Gasteiger partial charge in [0.15, 0.2) is 0 Å². The minimum Gasteiger partial charge on any atom is -0.205 e. The molecule has 0 fully saturated rings. The van der Waals surface area contributed by atoms with E-state index in [1.165, 1.54) is 6.07 Å². The van der Waals surface area contributed by atoms with Crippen LogP contribution >= 0.6 is 11.6 Å².